The fourth-order valence-corrected chi connectivity index (χ4v) is 7.01. The molecule has 0 aliphatic heterocycles. The Hall–Kier alpha value is -4.95. The maximum atomic E-state index is 13.8. The Morgan fingerprint density at radius 1 is 0.958 bits per heavy atom. The Kier molecular flexibility index (Phi) is 10.3. The topological polar surface area (TPSA) is 194 Å². The van der Waals surface area contributed by atoms with Gasteiger partial charge in [-0.25, -0.2) is 22.3 Å². The molecular formula is C34H40N6O7S. The number of aromatic nitrogens is 2. The Balaban J connectivity index is 1.38. The molecule has 13 nitrogen and oxygen atoms in total. The van der Waals surface area contributed by atoms with E-state index < -0.39 is 28.1 Å². The second kappa shape index (κ2) is 14.4. The lowest BCUT2D eigenvalue weighted by Crippen LogP contribution is -2.48. The van der Waals surface area contributed by atoms with Crippen LogP contribution in [-0.4, -0.2) is 72.4 Å². The van der Waals surface area contributed by atoms with Gasteiger partial charge in [0.2, 0.25) is 21.8 Å². The zero-order valence-corrected chi connectivity index (χ0v) is 27.8. The summed E-state index contributed by atoms with van der Waals surface area (Å²) in [5, 5.41) is 17.2. The number of aromatic amines is 2. The van der Waals surface area contributed by atoms with Crippen molar-refractivity contribution >= 4 is 44.7 Å². The lowest BCUT2D eigenvalue weighted by molar-refractivity contribution is -0.130. The van der Waals surface area contributed by atoms with Crippen LogP contribution < -0.4 is 21.6 Å². The first-order chi connectivity index (χ1) is 22.8. The number of nitrogens with one attached hydrogen (secondary N) is 5. The summed E-state index contributed by atoms with van der Waals surface area (Å²) in [4.78, 5) is 55.4. The van der Waals surface area contributed by atoms with Crippen LogP contribution in [0.1, 0.15) is 36.8 Å². The number of H-pyrrole nitrogens is 2. The van der Waals surface area contributed by atoms with Crippen LogP contribution in [0.25, 0.3) is 22.2 Å². The fraction of sp³-hybridized carbons (Fsp3) is 0.353. The Morgan fingerprint density at radius 3 is 2.40 bits per heavy atom. The molecule has 5 rings (SSSR count). The minimum absolute atomic E-state index is 0.149. The van der Waals surface area contributed by atoms with E-state index in [0.29, 0.717) is 48.9 Å². The lowest BCUT2D eigenvalue weighted by atomic mass is 9.81. The third-order valence-corrected chi connectivity index (χ3v) is 10.7. The molecule has 48 heavy (non-hydrogen) atoms. The monoisotopic (exact) mass is 676 g/mol. The third kappa shape index (κ3) is 8.12. The first-order valence-electron chi connectivity index (χ1n) is 15.7. The largest absolute Gasteiger partial charge is 0.465 e. The van der Waals surface area contributed by atoms with Gasteiger partial charge in [0.25, 0.3) is 0 Å². The second-order valence-electron chi connectivity index (χ2n) is 12.5. The van der Waals surface area contributed by atoms with Gasteiger partial charge in [0, 0.05) is 38.7 Å². The van der Waals surface area contributed by atoms with Crippen molar-refractivity contribution in [2.45, 2.75) is 50.0 Å². The number of carboxylic acid groups (broad SMARTS) is 1. The van der Waals surface area contributed by atoms with E-state index >= 15 is 0 Å². The highest BCUT2D eigenvalue weighted by Gasteiger charge is 2.30. The second-order valence-corrected chi connectivity index (χ2v) is 14.6. The predicted octanol–water partition coefficient (Wildman–Crippen LogP) is 3.82. The highest BCUT2D eigenvalue weighted by atomic mass is 32.2. The maximum Gasteiger partial charge on any atom is 0.404 e. The van der Waals surface area contributed by atoms with Crippen LogP contribution in [0.5, 0.6) is 0 Å². The third-order valence-electron chi connectivity index (χ3n) is 8.84. The van der Waals surface area contributed by atoms with Gasteiger partial charge >= 0.3 is 11.8 Å². The van der Waals surface area contributed by atoms with Crippen LogP contribution in [-0.2, 0) is 26.0 Å². The number of anilines is 1. The highest BCUT2D eigenvalue weighted by Crippen LogP contribution is 2.30. The van der Waals surface area contributed by atoms with Crippen molar-refractivity contribution in [2.24, 2.45) is 11.8 Å². The van der Waals surface area contributed by atoms with E-state index in [2.05, 4.69) is 25.9 Å². The van der Waals surface area contributed by atoms with Gasteiger partial charge in [0.1, 0.15) is 6.04 Å². The number of amides is 3. The standard InChI is InChI=1S/C34H40N6O7S/c1-20-7-13-26(48(46,47)40(2)3)18-27(20)24-6-4-5-22(15-24)16-30(32(42)36-25-12-14-28-29(17-25)39-33(43)38-28)37-31(41)23-10-8-21(9-11-23)19-35-34(44)45/h4-7,12-15,17-18,21,23,30,35H,8-11,16,19H2,1-3H3,(H,36,42)(H,37,41)(H,44,45)(H2,38,39,43)/t21?,23?,30-/m0/s1. The molecule has 0 radical (unpaired) electrons. The molecule has 1 heterocycles. The van der Waals surface area contributed by atoms with Crippen molar-refractivity contribution in [3.63, 3.8) is 0 Å². The van der Waals surface area contributed by atoms with Gasteiger partial charge in [-0.2, -0.15) is 0 Å². The maximum absolute atomic E-state index is 13.8. The quantitative estimate of drug-likeness (QED) is 0.139. The molecule has 14 heteroatoms. The number of sulfonamides is 1. The van der Waals surface area contributed by atoms with Crippen molar-refractivity contribution < 1.29 is 27.9 Å². The molecule has 0 saturated heterocycles. The average molecular weight is 677 g/mol. The zero-order chi connectivity index (χ0) is 34.6. The van der Waals surface area contributed by atoms with Gasteiger partial charge in [0.05, 0.1) is 15.9 Å². The van der Waals surface area contributed by atoms with Gasteiger partial charge in [-0.05, 0) is 91.1 Å². The molecule has 254 valence electrons. The molecule has 6 N–H and O–H groups in total. The van der Waals surface area contributed by atoms with E-state index in [0.717, 1.165) is 26.6 Å². The zero-order valence-electron chi connectivity index (χ0n) is 27.0. The summed E-state index contributed by atoms with van der Waals surface area (Å²) in [6.07, 6.45) is 1.61. The van der Waals surface area contributed by atoms with E-state index in [9.17, 15) is 27.6 Å². The molecule has 0 bridgehead atoms. The van der Waals surface area contributed by atoms with E-state index in [-0.39, 0.29) is 34.7 Å². The van der Waals surface area contributed by atoms with Crippen LogP contribution in [0.4, 0.5) is 10.5 Å². The van der Waals surface area contributed by atoms with E-state index in [4.69, 9.17) is 5.11 Å². The fourth-order valence-electron chi connectivity index (χ4n) is 6.08. The summed E-state index contributed by atoms with van der Waals surface area (Å²) in [6.45, 7) is 2.23. The molecule has 3 aromatic carbocycles. The molecule has 1 aliphatic rings. The van der Waals surface area contributed by atoms with Crippen molar-refractivity contribution in [1.29, 1.82) is 0 Å². The molecule has 1 saturated carbocycles. The Labute approximate surface area is 278 Å². The molecule has 1 aliphatic carbocycles. The SMILES string of the molecule is Cc1ccc(S(=O)(=O)N(C)C)cc1-c1cccc(C[C@H](NC(=O)C2CCC(CNC(=O)O)CC2)C(=O)Nc2ccc3[nH]c(=O)[nH]c3c2)c1. The minimum Gasteiger partial charge on any atom is -0.465 e. The van der Waals surface area contributed by atoms with Crippen LogP contribution in [0, 0.1) is 18.8 Å². The van der Waals surface area contributed by atoms with Gasteiger partial charge in [-0.15, -0.1) is 0 Å². The van der Waals surface area contributed by atoms with Gasteiger partial charge in [-0.3, -0.25) is 9.59 Å². The number of nitrogens with zero attached hydrogens (tertiary/aromatic N) is 1. The summed E-state index contributed by atoms with van der Waals surface area (Å²) in [6, 6.07) is 16.4. The first kappa shape index (κ1) is 34.4. The van der Waals surface area contributed by atoms with Gasteiger partial charge in [-0.1, -0.05) is 30.3 Å². The predicted molar refractivity (Wildman–Crippen MR) is 182 cm³/mol. The molecule has 1 aromatic heterocycles. The van der Waals surface area contributed by atoms with Gasteiger partial charge < -0.3 is 31.0 Å². The molecule has 3 amide bonds. The number of benzene rings is 3. The lowest BCUT2D eigenvalue weighted by Gasteiger charge is -2.29. The van der Waals surface area contributed by atoms with E-state index in [1.54, 1.807) is 36.4 Å². The number of carbonyl (C=O) groups excluding carboxylic acids is 2. The smallest absolute Gasteiger partial charge is 0.404 e. The molecule has 1 atom stereocenters. The van der Waals surface area contributed by atoms with Crippen molar-refractivity contribution in [3.8, 4) is 11.1 Å². The first-order valence-corrected chi connectivity index (χ1v) is 17.2. The number of rotatable bonds is 11. The Bertz CT molecular complexity index is 1990. The number of carbonyl (C=O) groups is 3. The van der Waals surface area contributed by atoms with Crippen molar-refractivity contribution in [3.05, 3.63) is 82.3 Å². The van der Waals surface area contributed by atoms with Crippen molar-refractivity contribution in [1.82, 2.24) is 24.9 Å². The number of imidazole rings is 1. The van der Waals surface area contributed by atoms with E-state index in [1.807, 2.05) is 31.2 Å². The number of hydrogen-bond donors (Lipinski definition) is 6. The summed E-state index contributed by atoms with van der Waals surface area (Å²) in [5.41, 5.74) is 4.31. The minimum atomic E-state index is -3.66. The normalized spacial score (nSPS) is 17.2. The molecular weight excluding hydrogens is 636 g/mol. The van der Waals surface area contributed by atoms with Crippen LogP contribution in [0.15, 0.2) is 70.4 Å². The highest BCUT2D eigenvalue weighted by molar-refractivity contribution is 7.89. The van der Waals surface area contributed by atoms with Crippen LogP contribution in [0.2, 0.25) is 0 Å². The summed E-state index contributed by atoms with van der Waals surface area (Å²) in [5.74, 6) is -0.867. The Morgan fingerprint density at radius 2 is 1.69 bits per heavy atom. The van der Waals surface area contributed by atoms with E-state index in [1.165, 1.54) is 14.1 Å². The molecule has 0 spiro atoms. The summed E-state index contributed by atoms with van der Waals surface area (Å²) < 4.78 is 26.8. The van der Waals surface area contributed by atoms with Crippen molar-refractivity contribution in [2.75, 3.05) is 26.0 Å². The number of hydrogen-bond acceptors (Lipinski definition) is 6. The average Bonchev–Trinajstić information content (AvgIpc) is 3.43. The molecule has 4 aromatic rings. The van der Waals surface area contributed by atoms with Gasteiger partial charge in [0.15, 0.2) is 0 Å². The summed E-state index contributed by atoms with van der Waals surface area (Å²) in [7, 11) is -0.702. The van der Waals surface area contributed by atoms with Crippen LogP contribution >= 0.6 is 0 Å². The molecule has 0 unspecified atom stereocenters. The summed E-state index contributed by atoms with van der Waals surface area (Å²) >= 11 is 0. The van der Waals surface area contributed by atoms with Crippen LogP contribution in [0.3, 0.4) is 0 Å². The molecule has 1 fully saturated rings. The number of aryl methyl sites for hydroxylation is 1. The number of fused-ring (bicyclic) bond motifs is 1.